The van der Waals surface area contributed by atoms with Crippen LogP contribution in [-0.4, -0.2) is 5.75 Å². The van der Waals surface area contributed by atoms with E-state index in [0.717, 1.165) is 0 Å². The van der Waals surface area contributed by atoms with Crippen molar-refractivity contribution in [2.45, 2.75) is 19.8 Å². The van der Waals surface area contributed by atoms with Crippen molar-refractivity contribution in [2.75, 3.05) is 5.75 Å². The molecule has 0 bridgehead atoms. The second-order valence-electron chi connectivity index (χ2n) is 1.62. The van der Waals surface area contributed by atoms with Gasteiger partial charge in [0.25, 0.3) is 0 Å². The summed E-state index contributed by atoms with van der Waals surface area (Å²) in [6.45, 7) is 2.05. The maximum absolute atomic E-state index is 3.68. The first-order valence-corrected chi connectivity index (χ1v) is 4.05. The Morgan fingerprint density at radius 1 is 1.62 bits per heavy atom. The van der Waals surface area contributed by atoms with E-state index in [1.807, 2.05) is 0 Å². The van der Waals surface area contributed by atoms with E-state index in [1.165, 1.54) is 18.6 Å². The second kappa shape index (κ2) is 7.09. The molecule has 0 rings (SSSR count). The predicted molar refractivity (Wildman–Crippen MR) is 41.9 cm³/mol. The highest BCUT2D eigenvalue weighted by Crippen LogP contribution is 2.00. The van der Waals surface area contributed by atoms with Crippen LogP contribution in [0.15, 0.2) is 12.2 Å². The van der Waals surface area contributed by atoms with Crippen molar-refractivity contribution >= 4 is 11.8 Å². The SMILES string of the molecule is [CH2]SCCCC=CC. The summed E-state index contributed by atoms with van der Waals surface area (Å²) in [5.74, 6) is 1.18. The maximum atomic E-state index is 3.68. The first kappa shape index (κ1) is 8.09. The van der Waals surface area contributed by atoms with Crippen LogP contribution in [0.5, 0.6) is 0 Å². The average Bonchev–Trinajstić information content (AvgIpc) is 1.81. The molecule has 0 aliphatic rings. The van der Waals surface area contributed by atoms with E-state index in [2.05, 4.69) is 25.3 Å². The normalized spacial score (nSPS) is 10.8. The molecule has 1 heteroatoms. The second-order valence-corrected chi connectivity index (χ2v) is 2.44. The van der Waals surface area contributed by atoms with Crippen LogP contribution < -0.4 is 0 Å². The van der Waals surface area contributed by atoms with Crippen LogP contribution in [0.3, 0.4) is 0 Å². The molecule has 0 aliphatic heterocycles. The van der Waals surface area contributed by atoms with Crippen molar-refractivity contribution < 1.29 is 0 Å². The Labute approximate surface area is 56.4 Å². The van der Waals surface area contributed by atoms with Gasteiger partial charge in [-0.05, 0) is 25.5 Å². The van der Waals surface area contributed by atoms with Gasteiger partial charge in [-0.1, -0.05) is 12.2 Å². The molecule has 0 aromatic heterocycles. The van der Waals surface area contributed by atoms with Crippen molar-refractivity contribution in [3.63, 3.8) is 0 Å². The Hall–Kier alpha value is 0.0900. The van der Waals surface area contributed by atoms with Crippen molar-refractivity contribution in [3.05, 3.63) is 18.4 Å². The molecule has 0 spiro atoms. The summed E-state index contributed by atoms with van der Waals surface area (Å²) in [5, 5.41) is 0. The quantitative estimate of drug-likeness (QED) is 0.415. The average molecular weight is 129 g/mol. The molecule has 0 saturated heterocycles. The van der Waals surface area contributed by atoms with Gasteiger partial charge in [-0.3, -0.25) is 0 Å². The van der Waals surface area contributed by atoms with Gasteiger partial charge in [-0.2, -0.15) is 11.8 Å². The lowest BCUT2D eigenvalue weighted by Gasteiger charge is -1.88. The summed E-state index contributed by atoms with van der Waals surface area (Å²) in [4.78, 5) is 0. The largest absolute Gasteiger partial charge is 0.161 e. The molecule has 0 atom stereocenters. The van der Waals surface area contributed by atoms with Gasteiger partial charge in [-0.25, -0.2) is 0 Å². The Morgan fingerprint density at radius 2 is 2.38 bits per heavy atom. The molecule has 0 saturated carbocycles. The molecule has 0 unspecified atom stereocenters. The molecule has 1 radical (unpaired) electrons. The van der Waals surface area contributed by atoms with Crippen LogP contribution in [0.1, 0.15) is 19.8 Å². The zero-order chi connectivity index (χ0) is 6.24. The Balaban J connectivity index is 2.72. The van der Waals surface area contributed by atoms with Gasteiger partial charge in [0.05, 0.1) is 0 Å². The minimum Gasteiger partial charge on any atom is -0.161 e. The standard InChI is InChI=1S/C7H13S/c1-3-4-5-6-7-8-2/h3-4H,2,5-7H2,1H3. The Kier molecular flexibility index (Phi) is 7.17. The summed E-state index contributed by atoms with van der Waals surface area (Å²) in [6.07, 6.45) is 10.4. The van der Waals surface area contributed by atoms with Gasteiger partial charge < -0.3 is 0 Å². The number of rotatable bonds is 4. The fourth-order valence-corrected chi connectivity index (χ4v) is 0.841. The van der Waals surface area contributed by atoms with Gasteiger partial charge in [0.1, 0.15) is 0 Å². The van der Waals surface area contributed by atoms with Crippen molar-refractivity contribution in [3.8, 4) is 0 Å². The van der Waals surface area contributed by atoms with Gasteiger partial charge in [-0.15, -0.1) is 0 Å². The van der Waals surface area contributed by atoms with E-state index < -0.39 is 0 Å². The van der Waals surface area contributed by atoms with Crippen LogP contribution in [0.25, 0.3) is 0 Å². The smallest absolute Gasteiger partial charge is 0.00235 e. The van der Waals surface area contributed by atoms with E-state index in [0.29, 0.717) is 0 Å². The lowest BCUT2D eigenvalue weighted by Crippen LogP contribution is -1.72. The molecule has 0 aromatic rings. The van der Waals surface area contributed by atoms with Crippen molar-refractivity contribution in [1.29, 1.82) is 0 Å². The molecule has 0 amide bonds. The van der Waals surface area contributed by atoms with E-state index in [9.17, 15) is 0 Å². The molecule has 0 N–H and O–H groups in total. The van der Waals surface area contributed by atoms with Crippen molar-refractivity contribution in [2.24, 2.45) is 0 Å². The summed E-state index contributed by atoms with van der Waals surface area (Å²) in [5.41, 5.74) is 0. The van der Waals surface area contributed by atoms with E-state index in [4.69, 9.17) is 0 Å². The summed E-state index contributed by atoms with van der Waals surface area (Å²) in [7, 11) is 0. The third-order valence-electron chi connectivity index (χ3n) is 0.895. The number of hydrogen-bond acceptors (Lipinski definition) is 1. The fraction of sp³-hybridized carbons (Fsp3) is 0.571. The van der Waals surface area contributed by atoms with Crippen LogP contribution in [0, 0.1) is 6.26 Å². The fourth-order valence-electron chi connectivity index (χ4n) is 0.470. The zero-order valence-electron chi connectivity index (χ0n) is 5.39. The minimum atomic E-state index is 1.18. The highest BCUT2D eigenvalue weighted by atomic mass is 32.2. The van der Waals surface area contributed by atoms with Gasteiger partial charge in [0, 0.05) is 6.26 Å². The molecule has 0 nitrogen and oxygen atoms in total. The third kappa shape index (κ3) is 6.09. The van der Waals surface area contributed by atoms with Crippen LogP contribution in [0.4, 0.5) is 0 Å². The monoisotopic (exact) mass is 129 g/mol. The lowest BCUT2D eigenvalue weighted by atomic mass is 10.3. The summed E-state index contributed by atoms with van der Waals surface area (Å²) in [6, 6.07) is 0. The number of hydrogen-bond donors (Lipinski definition) is 0. The first-order chi connectivity index (χ1) is 3.91. The van der Waals surface area contributed by atoms with E-state index in [-0.39, 0.29) is 0 Å². The molecule has 8 heavy (non-hydrogen) atoms. The van der Waals surface area contributed by atoms with Crippen LogP contribution >= 0.6 is 11.8 Å². The molecule has 0 heterocycles. The molecule has 47 valence electrons. The molecular formula is C7H13S. The highest BCUT2D eigenvalue weighted by Gasteiger charge is 1.78. The molecule has 0 fully saturated rings. The van der Waals surface area contributed by atoms with E-state index in [1.54, 1.807) is 11.8 Å². The minimum absolute atomic E-state index is 1.18. The zero-order valence-corrected chi connectivity index (χ0v) is 6.21. The molecule has 0 aliphatic carbocycles. The molecule has 0 aromatic carbocycles. The highest BCUT2D eigenvalue weighted by molar-refractivity contribution is 8.00. The van der Waals surface area contributed by atoms with Gasteiger partial charge in [0.15, 0.2) is 0 Å². The topological polar surface area (TPSA) is 0 Å². The number of unbranched alkanes of at least 4 members (excludes halogenated alkanes) is 1. The maximum Gasteiger partial charge on any atom is 0.00235 e. The first-order valence-electron chi connectivity index (χ1n) is 2.90. The number of thioether (sulfide) groups is 1. The van der Waals surface area contributed by atoms with E-state index >= 15 is 0 Å². The lowest BCUT2D eigenvalue weighted by molar-refractivity contribution is 0.972. The van der Waals surface area contributed by atoms with Gasteiger partial charge >= 0.3 is 0 Å². The third-order valence-corrected chi connectivity index (χ3v) is 1.47. The van der Waals surface area contributed by atoms with Crippen LogP contribution in [-0.2, 0) is 0 Å². The number of allylic oxidation sites excluding steroid dienone is 2. The summed E-state index contributed by atoms with van der Waals surface area (Å²) < 4.78 is 0. The predicted octanol–water partition coefficient (Wildman–Crippen LogP) is 2.87. The van der Waals surface area contributed by atoms with Crippen LogP contribution in [0.2, 0.25) is 0 Å². The summed E-state index contributed by atoms with van der Waals surface area (Å²) >= 11 is 1.67. The Morgan fingerprint density at radius 3 is 2.88 bits per heavy atom. The Bertz CT molecular complexity index is 57.4. The molecular weight excluding hydrogens is 116 g/mol. The van der Waals surface area contributed by atoms with Gasteiger partial charge in [0.2, 0.25) is 0 Å². The van der Waals surface area contributed by atoms with Crippen molar-refractivity contribution in [1.82, 2.24) is 0 Å².